The molecular formula is C13H17N5O2. The third-order valence-corrected chi connectivity index (χ3v) is 2.71. The molecule has 2 rings (SSSR count). The van der Waals surface area contributed by atoms with Gasteiger partial charge in [-0.25, -0.2) is 4.98 Å². The Morgan fingerprint density at radius 3 is 2.55 bits per heavy atom. The van der Waals surface area contributed by atoms with Gasteiger partial charge in [0.05, 0.1) is 11.9 Å². The molecule has 0 saturated carbocycles. The van der Waals surface area contributed by atoms with Crippen molar-refractivity contribution < 1.29 is 9.32 Å². The standard InChI is InChI=1S/C13H17N5O2/c1-7(2)11-17-13(20-18-11)9(4)16-12(19)10-6-14-8(3)5-15-10/h5-7,9H,1-4H3,(H,16,19)/t9-/m1/s1. The number of aromatic nitrogens is 4. The van der Waals surface area contributed by atoms with Crippen LogP contribution in [0.15, 0.2) is 16.9 Å². The molecule has 7 heteroatoms. The number of nitrogens with one attached hydrogen (secondary N) is 1. The molecule has 0 fully saturated rings. The SMILES string of the molecule is Cc1cnc(C(=O)N[C@H](C)c2nc(C(C)C)no2)cn1. The second-order valence-corrected chi connectivity index (χ2v) is 4.88. The van der Waals surface area contributed by atoms with Gasteiger partial charge in [0.1, 0.15) is 11.7 Å². The van der Waals surface area contributed by atoms with Crippen LogP contribution in [0.1, 0.15) is 60.6 Å². The Kier molecular flexibility index (Phi) is 4.07. The molecule has 1 atom stereocenters. The lowest BCUT2D eigenvalue weighted by Crippen LogP contribution is -2.27. The summed E-state index contributed by atoms with van der Waals surface area (Å²) in [4.78, 5) is 24.3. The molecule has 7 nitrogen and oxygen atoms in total. The summed E-state index contributed by atoms with van der Waals surface area (Å²) in [5, 5.41) is 6.61. The Balaban J connectivity index is 2.04. The maximum atomic E-state index is 12.0. The second-order valence-electron chi connectivity index (χ2n) is 4.88. The summed E-state index contributed by atoms with van der Waals surface area (Å²) < 4.78 is 5.13. The van der Waals surface area contributed by atoms with Crippen molar-refractivity contribution >= 4 is 5.91 Å². The zero-order valence-electron chi connectivity index (χ0n) is 11.9. The van der Waals surface area contributed by atoms with Crippen molar-refractivity contribution in [3.8, 4) is 0 Å². The number of hydrogen-bond acceptors (Lipinski definition) is 6. The highest BCUT2D eigenvalue weighted by atomic mass is 16.5. The van der Waals surface area contributed by atoms with Crippen LogP contribution in [0.4, 0.5) is 0 Å². The van der Waals surface area contributed by atoms with Crippen molar-refractivity contribution in [2.75, 3.05) is 0 Å². The molecule has 0 aliphatic heterocycles. The van der Waals surface area contributed by atoms with Crippen molar-refractivity contribution in [3.63, 3.8) is 0 Å². The van der Waals surface area contributed by atoms with E-state index in [9.17, 15) is 4.79 Å². The molecule has 2 aromatic heterocycles. The molecule has 0 radical (unpaired) electrons. The Labute approximate surface area is 116 Å². The fourth-order valence-electron chi connectivity index (χ4n) is 1.50. The number of carbonyl (C=O) groups excluding carboxylic acids is 1. The van der Waals surface area contributed by atoms with E-state index < -0.39 is 0 Å². The van der Waals surface area contributed by atoms with E-state index in [4.69, 9.17) is 4.52 Å². The average molecular weight is 275 g/mol. The minimum absolute atomic E-state index is 0.179. The van der Waals surface area contributed by atoms with Gasteiger partial charge < -0.3 is 9.84 Å². The Morgan fingerprint density at radius 1 is 1.25 bits per heavy atom. The van der Waals surface area contributed by atoms with Gasteiger partial charge in [0.15, 0.2) is 5.82 Å². The molecule has 0 aromatic carbocycles. The van der Waals surface area contributed by atoms with Crippen LogP contribution >= 0.6 is 0 Å². The monoisotopic (exact) mass is 275 g/mol. The predicted molar refractivity (Wildman–Crippen MR) is 71.0 cm³/mol. The van der Waals surface area contributed by atoms with Crippen molar-refractivity contribution in [1.29, 1.82) is 0 Å². The molecule has 0 aliphatic rings. The van der Waals surface area contributed by atoms with Gasteiger partial charge in [0, 0.05) is 12.1 Å². The minimum atomic E-state index is -0.384. The molecule has 0 unspecified atom stereocenters. The Hall–Kier alpha value is -2.31. The highest BCUT2D eigenvalue weighted by Crippen LogP contribution is 2.15. The van der Waals surface area contributed by atoms with Gasteiger partial charge in [-0.3, -0.25) is 9.78 Å². The van der Waals surface area contributed by atoms with E-state index in [-0.39, 0.29) is 23.6 Å². The lowest BCUT2D eigenvalue weighted by Gasteiger charge is -2.08. The van der Waals surface area contributed by atoms with Gasteiger partial charge >= 0.3 is 0 Å². The van der Waals surface area contributed by atoms with Crippen LogP contribution in [-0.2, 0) is 0 Å². The fraction of sp³-hybridized carbons (Fsp3) is 0.462. The highest BCUT2D eigenvalue weighted by Gasteiger charge is 2.19. The largest absolute Gasteiger partial charge is 0.339 e. The molecule has 1 amide bonds. The Bertz CT molecular complexity index is 591. The maximum Gasteiger partial charge on any atom is 0.272 e. The number of aryl methyl sites for hydroxylation is 1. The van der Waals surface area contributed by atoms with E-state index in [0.29, 0.717) is 11.7 Å². The summed E-state index contributed by atoms with van der Waals surface area (Å²) in [5.74, 6) is 0.853. The molecule has 2 heterocycles. The first kappa shape index (κ1) is 14.1. The molecule has 0 aliphatic carbocycles. The van der Waals surface area contributed by atoms with Crippen molar-refractivity contribution in [1.82, 2.24) is 25.4 Å². The molecule has 1 N–H and O–H groups in total. The number of nitrogens with zero attached hydrogens (tertiary/aromatic N) is 4. The van der Waals surface area contributed by atoms with Gasteiger partial charge in [0.2, 0.25) is 5.89 Å². The van der Waals surface area contributed by atoms with Crippen molar-refractivity contribution in [2.45, 2.75) is 39.7 Å². The first-order chi connectivity index (χ1) is 9.47. The van der Waals surface area contributed by atoms with E-state index in [1.165, 1.54) is 6.20 Å². The van der Waals surface area contributed by atoms with Crippen LogP contribution < -0.4 is 5.32 Å². The van der Waals surface area contributed by atoms with Crippen LogP contribution in [-0.4, -0.2) is 26.0 Å². The summed E-state index contributed by atoms with van der Waals surface area (Å²) >= 11 is 0. The quantitative estimate of drug-likeness (QED) is 0.914. The zero-order chi connectivity index (χ0) is 14.7. The molecule has 106 valence electrons. The van der Waals surface area contributed by atoms with Crippen molar-refractivity contribution in [2.24, 2.45) is 0 Å². The fourth-order valence-corrected chi connectivity index (χ4v) is 1.50. The normalized spacial score (nSPS) is 12.4. The van der Waals surface area contributed by atoms with Gasteiger partial charge in [-0.2, -0.15) is 4.98 Å². The van der Waals surface area contributed by atoms with Crippen LogP contribution in [0.25, 0.3) is 0 Å². The van der Waals surface area contributed by atoms with Crippen LogP contribution in [0.3, 0.4) is 0 Å². The smallest absolute Gasteiger partial charge is 0.272 e. The summed E-state index contributed by atoms with van der Waals surface area (Å²) in [6.45, 7) is 7.53. The summed E-state index contributed by atoms with van der Waals surface area (Å²) in [7, 11) is 0. The van der Waals surface area contributed by atoms with E-state index in [1.54, 1.807) is 13.1 Å². The molecule has 0 saturated heterocycles. The number of hydrogen-bond donors (Lipinski definition) is 1. The van der Waals surface area contributed by atoms with Gasteiger partial charge in [-0.05, 0) is 13.8 Å². The van der Waals surface area contributed by atoms with Gasteiger partial charge in [0.25, 0.3) is 5.91 Å². The second kappa shape index (κ2) is 5.77. The highest BCUT2D eigenvalue weighted by molar-refractivity contribution is 5.92. The number of carbonyl (C=O) groups is 1. The average Bonchev–Trinajstić information content (AvgIpc) is 2.89. The lowest BCUT2D eigenvalue weighted by molar-refractivity contribution is 0.0927. The predicted octanol–water partition coefficient (Wildman–Crippen LogP) is 1.78. The zero-order valence-corrected chi connectivity index (χ0v) is 11.9. The third-order valence-electron chi connectivity index (χ3n) is 2.71. The van der Waals surface area contributed by atoms with E-state index in [0.717, 1.165) is 5.69 Å². The van der Waals surface area contributed by atoms with Crippen molar-refractivity contribution in [3.05, 3.63) is 35.5 Å². The summed E-state index contributed by atoms with van der Waals surface area (Å²) in [6.07, 6.45) is 2.98. The minimum Gasteiger partial charge on any atom is -0.339 e. The molecule has 2 aromatic rings. The lowest BCUT2D eigenvalue weighted by atomic mass is 10.2. The summed E-state index contributed by atoms with van der Waals surface area (Å²) in [5.41, 5.74) is 1.01. The molecular weight excluding hydrogens is 258 g/mol. The van der Waals surface area contributed by atoms with Crippen LogP contribution in [0, 0.1) is 6.92 Å². The number of rotatable bonds is 4. The first-order valence-electron chi connectivity index (χ1n) is 6.40. The van der Waals surface area contributed by atoms with Crippen LogP contribution in [0.5, 0.6) is 0 Å². The van der Waals surface area contributed by atoms with E-state index >= 15 is 0 Å². The van der Waals surface area contributed by atoms with Gasteiger partial charge in [-0.1, -0.05) is 19.0 Å². The Morgan fingerprint density at radius 2 is 2.00 bits per heavy atom. The maximum absolute atomic E-state index is 12.0. The van der Waals surface area contributed by atoms with E-state index in [1.807, 2.05) is 20.8 Å². The first-order valence-corrected chi connectivity index (χ1v) is 6.40. The van der Waals surface area contributed by atoms with Crippen LogP contribution in [0.2, 0.25) is 0 Å². The molecule has 0 spiro atoms. The van der Waals surface area contributed by atoms with Gasteiger partial charge in [-0.15, -0.1) is 0 Å². The topological polar surface area (TPSA) is 93.8 Å². The van der Waals surface area contributed by atoms with E-state index in [2.05, 4.69) is 25.4 Å². The number of amides is 1. The molecule has 0 bridgehead atoms. The molecule has 20 heavy (non-hydrogen) atoms. The summed E-state index contributed by atoms with van der Waals surface area (Å²) in [6, 6.07) is -0.384. The third kappa shape index (κ3) is 3.17.